The van der Waals surface area contributed by atoms with Gasteiger partial charge in [0.2, 0.25) is 0 Å². The van der Waals surface area contributed by atoms with E-state index in [1.807, 2.05) is 0 Å². The molecule has 0 heterocycles. The number of aliphatic hydroxyl groups is 1. The van der Waals surface area contributed by atoms with E-state index in [2.05, 4.69) is 13.8 Å². The summed E-state index contributed by atoms with van der Waals surface area (Å²) in [5.74, 6) is 0. The van der Waals surface area contributed by atoms with Crippen molar-refractivity contribution in [2.75, 3.05) is 0 Å². The Morgan fingerprint density at radius 3 is 1.43 bits per heavy atom. The molecular formula is C22H45NaO4S. The molecule has 0 rings (SSSR count). The maximum absolute atomic E-state index is 11.5. The van der Waals surface area contributed by atoms with Gasteiger partial charge in [-0.25, -0.2) is 8.42 Å². The summed E-state index contributed by atoms with van der Waals surface area (Å²) in [5, 5.41) is 9.18. The van der Waals surface area contributed by atoms with Gasteiger partial charge in [-0.3, -0.25) is 0 Å². The molecule has 164 valence electrons. The van der Waals surface area contributed by atoms with Gasteiger partial charge in [-0.05, 0) is 25.7 Å². The van der Waals surface area contributed by atoms with Crippen molar-refractivity contribution in [3.63, 3.8) is 0 Å². The second-order valence-electron chi connectivity index (χ2n) is 8.17. The molecule has 0 amide bonds. The monoisotopic (exact) mass is 428 g/mol. The molecule has 0 aliphatic heterocycles. The minimum absolute atomic E-state index is 0. The predicted octanol–water partition coefficient (Wildman–Crippen LogP) is 3.33. The quantitative estimate of drug-likeness (QED) is 0.183. The van der Waals surface area contributed by atoms with Crippen molar-refractivity contribution in [3.8, 4) is 0 Å². The Bertz CT molecular complexity index is 415. The number of hydrogen-bond acceptors (Lipinski definition) is 4. The fourth-order valence-electron chi connectivity index (χ4n) is 3.64. The molecule has 0 saturated heterocycles. The Morgan fingerprint density at radius 2 is 0.964 bits per heavy atom. The average Bonchev–Trinajstić information content (AvgIpc) is 2.61. The van der Waals surface area contributed by atoms with Crippen LogP contribution in [0.4, 0.5) is 0 Å². The maximum Gasteiger partial charge on any atom is 1.00 e. The van der Waals surface area contributed by atoms with Gasteiger partial charge in [0, 0.05) is 5.25 Å². The standard InChI is InChI=1S/C22H46O4S.Na/c1-3-5-7-8-9-10-11-12-14-19-22(27(24,25)26)20-16-15-18-21(23)17-13-6-4-2;/h21-23H,3-20H2,1-2H3,(H,24,25,26);/q;+1/p-1. The van der Waals surface area contributed by atoms with Gasteiger partial charge in [0.1, 0.15) is 0 Å². The molecule has 28 heavy (non-hydrogen) atoms. The van der Waals surface area contributed by atoms with Gasteiger partial charge >= 0.3 is 29.6 Å². The zero-order valence-electron chi connectivity index (χ0n) is 19.0. The van der Waals surface area contributed by atoms with Crippen molar-refractivity contribution in [2.24, 2.45) is 0 Å². The summed E-state index contributed by atoms with van der Waals surface area (Å²) in [6, 6.07) is 0. The van der Waals surface area contributed by atoms with E-state index in [1.54, 1.807) is 0 Å². The van der Waals surface area contributed by atoms with Gasteiger partial charge in [-0.1, -0.05) is 104 Å². The van der Waals surface area contributed by atoms with E-state index in [4.69, 9.17) is 0 Å². The fourth-order valence-corrected chi connectivity index (χ4v) is 4.55. The molecule has 0 aromatic carbocycles. The molecule has 0 saturated carbocycles. The molecule has 6 heteroatoms. The first-order valence-electron chi connectivity index (χ1n) is 11.5. The van der Waals surface area contributed by atoms with Crippen LogP contribution in [0.2, 0.25) is 0 Å². The largest absolute Gasteiger partial charge is 1.00 e. The van der Waals surface area contributed by atoms with Gasteiger partial charge < -0.3 is 9.66 Å². The molecule has 2 atom stereocenters. The van der Waals surface area contributed by atoms with Gasteiger partial charge in [-0.2, -0.15) is 0 Å². The molecule has 0 aliphatic carbocycles. The zero-order chi connectivity index (χ0) is 20.4. The van der Waals surface area contributed by atoms with Crippen LogP contribution in [0.3, 0.4) is 0 Å². The van der Waals surface area contributed by atoms with E-state index < -0.39 is 15.4 Å². The minimum Gasteiger partial charge on any atom is -0.748 e. The van der Waals surface area contributed by atoms with Gasteiger partial charge in [0.05, 0.1) is 16.2 Å². The van der Waals surface area contributed by atoms with Crippen LogP contribution in [-0.2, 0) is 10.1 Å². The van der Waals surface area contributed by atoms with Crippen LogP contribution in [0, 0.1) is 0 Å². The number of hydrogen-bond donors (Lipinski definition) is 1. The summed E-state index contributed by atoms with van der Waals surface area (Å²) in [5.41, 5.74) is 0. The fraction of sp³-hybridized carbons (Fsp3) is 1.00. The smallest absolute Gasteiger partial charge is 0.748 e. The predicted molar refractivity (Wildman–Crippen MR) is 114 cm³/mol. The zero-order valence-corrected chi connectivity index (χ0v) is 21.8. The molecule has 0 radical (unpaired) electrons. The first-order valence-corrected chi connectivity index (χ1v) is 13.0. The second-order valence-corrected chi connectivity index (χ2v) is 9.82. The van der Waals surface area contributed by atoms with E-state index in [0.29, 0.717) is 25.7 Å². The van der Waals surface area contributed by atoms with Crippen molar-refractivity contribution in [1.82, 2.24) is 0 Å². The van der Waals surface area contributed by atoms with Crippen molar-refractivity contribution >= 4 is 10.1 Å². The van der Waals surface area contributed by atoms with Crippen molar-refractivity contribution in [1.29, 1.82) is 0 Å². The van der Waals surface area contributed by atoms with E-state index in [-0.39, 0.29) is 35.7 Å². The molecule has 0 fully saturated rings. The van der Waals surface area contributed by atoms with Crippen LogP contribution in [0.1, 0.15) is 129 Å². The average molecular weight is 429 g/mol. The summed E-state index contributed by atoms with van der Waals surface area (Å²) in [6.45, 7) is 4.36. The minimum atomic E-state index is -4.20. The molecule has 2 unspecified atom stereocenters. The normalized spacial score (nSPS) is 13.9. The molecule has 0 aliphatic rings. The van der Waals surface area contributed by atoms with Crippen molar-refractivity contribution < 1.29 is 47.6 Å². The Hall–Kier alpha value is 0.870. The number of aliphatic hydroxyl groups excluding tert-OH is 1. The third-order valence-electron chi connectivity index (χ3n) is 5.49. The Balaban J connectivity index is 0. The van der Waals surface area contributed by atoms with E-state index in [0.717, 1.165) is 51.4 Å². The maximum atomic E-state index is 11.5. The molecule has 0 bridgehead atoms. The molecule has 4 nitrogen and oxygen atoms in total. The molecule has 1 N–H and O–H groups in total. The summed E-state index contributed by atoms with van der Waals surface area (Å²) < 4.78 is 34.5. The van der Waals surface area contributed by atoms with Crippen LogP contribution < -0.4 is 29.6 Å². The van der Waals surface area contributed by atoms with Crippen molar-refractivity contribution in [2.45, 2.75) is 141 Å². The summed E-state index contributed by atoms with van der Waals surface area (Å²) in [6.07, 6.45) is 17.8. The Morgan fingerprint density at radius 1 is 0.643 bits per heavy atom. The third-order valence-corrected chi connectivity index (χ3v) is 6.78. The summed E-state index contributed by atoms with van der Waals surface area (Å²) in [7, 11) is -4.20. The van der Waals surface area contributed by atoms with Gasteiger partial charge in [0.25, 0.3) is 0 Å². The molecule has 0 aromatic rings. The Kier molecular flexibility index (Phi) is 23.4. The topological polar surface area (TPSA) is 77.4 Å². The summed E-state index contributed by atoms with van der Waals surface area (Å²) >= 11 is 0. The molecular weight excluding hydrogens is 383 g/mol. The van der Waals surface area contributed by atoms with Crippen LogP contribution in [0.15, 0.2) is 0 Å². The molecule has 0 spiro atoms. The van der Waals surface area contributed by atoms with Crippen LogP contribution in [0.25, 0.3) is 0 Å². The van der Waals surface area contributed by atoms with Gasteiger partial charge in [0.15, 0.2) is 0 Å². The summed E-state index contributed by atoms with van der Waals surface area (Å²) in [4.78, 5) is 0. The van der Waals surface area contributed by atoms with Crippen LogP contribution in [0.5, 0.6) is 0 Å². The first-order chi connectivity index (χ1) is 12.9. The van der Waals surface area contributed by atoms with E-state index in [1.165, 1.54) is 38.5 Å². The number of unbranched alkanes of at least 4 members (excludes halogenated alkanes) is 11. The SMILES string of the molecule is CCCCCCCCCCCC(CCCCC(O)CCCCC)S(=O)(=O)[O-].[Na+]. The third kappa shape index (κ3) is 20.2. The Labute approximate surface area is 197 Å². The molecule has 0 aromatic heterocycles. The van der Waals surface area contributed by atoms with E-state index in [9.17, 15) is 18.1 Å². The number of rotatable bonds is 20. The first kappa shape index (κ1) is 31.1. The van der Waals surface area contributed by atoms with Crippen LogP contribution >= 0.6 is 0 Å². The van der Waals surface area contributed by atoms with Crippen LogP contribution in [-0.4, -0.2) is 29.4 Å². The van der Waals surface area contributed by atoms with E-state index >= 15 is 0 Å². The second kappa shape index (κ2) is 21.1. The van der Waals surface area contributed by atoms with Gasteiger partial charge in [-0.15, -0.1) is 0 Å². The van der Waals surface area contributed by atoms with Crippen molar-refractivity contribution in [3.05, 3.63) is 0 Å².